The highest BCUT2D eigenvalue weighted by atomic mass is 16.6. The SMILES string of the molecule is C/C=C(/C)C(=O)O[C@H]1C(C)=C2[C@H]([C@@H]1OC(=O)CCCCCC)[C@@](C)(OC(C)=O)C[C@H](OC(=O)CCC)[C@@]1(O)[C@H]2OC(=O)[C@@]1(C)O. The third-order valence-corrected chi connectivity index (χ3v) is 9.26. The van der Waals surface area contributed by atoms with Crippen LogP contribution >= 0.6 is 0 Å². The van der Waals surface area contributed by atoms with Crippen molar-refractivity contribution in [2.75, 3.05) is 0 Å². The van der Waals surface area contributed by atoms with Gasteiger partial charge in [0.2, 0.25) is 0 Å². The Labute approximate surface area is 264 Å². The van der Waals surface area contributed by atoms with E-state index in [1.807, 2.05) is 6.92 Å². The lowest BCUT2D eigenvalue weighted by Gasteiger charge is -2.41. The highest BCUT2D eigenvalue weighted by Gasteiger charge is 2.76. The van der Waals surface area contributed by atoms with Crippen LogP contribution in [0, 0.1) is 5.92 Å². The standard InChI is InChI=1S/C33H48O12/c1-9-12-13-14-16-23(36)42-27-25-24(19(5)26(27)43-29(37)18(4)11-3)28-33(40,32(8,39)30(38)44-28)21(41-22(35)15-10-2)17-31(25,7)45-20(6)34/h11,21,25-28,39-40H,9-10,12-17H2,1-8H3/b18-11-/t21-,25+,26-,27-,28-,31-,32+,33+/m0/s1. The molecule has 0 aromatic rings. The number of esters is 5. The zero-order valence-electron chi connectivity index (χ0n) is 27.6. The fourth-order valence-corrected chi connectivity index (χ4v) is 6.72. The Kier molecular flexibility index (Phi) is 11.3. The van der Waals surface area contributed by atoms with Gasteiger partial charge in [-0.1, -0.05) is 39.2 Å². The second-order valence-corrected chi connectivity index (χ2v) is 12.7. The summed E-state index contributed by atoms with van der Waals surface area (Å²) < 4.78 is 29.2. The fourth-order valence-electron chi connectivity index (χ4n) is 6.72. The maximum Gasteiger partial charge on any atom is 0.341 e. The van der Waals surface area contributed by atoms with Gasteiger partial charge in [-0.25, -0.2) is 9.59 Å². The molecule has 1 saturated heterocycles. The topological polar surface area (TPSA) is 172 Å². The van der Waals surface area contributed by atoms with E-state index in [4.69, 9.17) is 23.7 Å². The Balaban J connectivity index is 2.26. The summed E-state index contributed by atoms with van der Waals surface area (Å²) in [6.07, 6.45) is -0.881. The zero-order valence-corrected chi connectivity index (χ0v) is 27.6. The van der Waals surface area contributed by atoms with Crippen LogP contribution in [-0.4, -0.2) is 81.3 Å². The molecule has 12 heteroatoms. The monoisotopic (exact) mass is 636 g/mol. The summed E-state index contributed by atoms with van der Waals surface area (Å²) in [4.78, 5) is 64.9. The molecule has 0 aromatic heterocycles. The molecule has 12 nitrogen and oxygen atoms in total. The lowest BCUT2D eigenvalue weighted by molar-refractivity contribution is -0.212. The van der Waals surface area contributed by atoms with Crippen LogP contribution in [0.3, 0.4) is 0 Å². The van der Waals surface area contributed by atoms with Crippen LogP contribution < -0.4 is 0 Å². The number of rotatable bonds is 12. The molecule has 2 aliphatic carbocycles. The van der Waals surface area contributed by atoms with Gasteiger partial charge in [0.15, 0.2) is 29.5 Å². The van der Waals surface area contributed by atoms with Crippen molar-refractivity contribution in [3.05, 3.63) is 22.8 Å². The molecule has 0 radical (unpaired) electrons. The lowest BCUT2D eigenvalue weighted by Crippen LogP contribution is -2.64. The number of aliphatic hydroxyl groups is 2. The van der Waals surface area contributed by atoms with Gasteiger partial charge in [0.1, 0.15) is 11.7 Å². The first kappa shape index (κ1) is 36.2. The van der Waals surface area contributed by atoms with Crippen LogP contribution in [0.25, 0.3) is 0 Å². The van der Waals surface area contributed by atoms with Crippen molar-refractivity contribution >= 4 is 29.8 Å². The van der Waals surface area contributed by atoms with Crippen LogP contribution in [-0.2, 0) is 47.7 Å². The third-order valence-electron chi connectivity index (χ3n) is 9.26. The third kappa shape index (κ3) is 6.82. The molecule has 0 unspecified atom stereocenters. The molecule has 1 aliphatic heterocycles. The molecule has 252 valence electrons. The van der Waals surface area contributed by atoms with Crippen LogP contribution in [0.15, 0.2) is 22.8 Å². The number of fused-ring (bicyclic) bond motifs is 3. The lowest BCUT2D eigenvalue weighted by atomic mass is 9.75. The summed E-state index contributed by atoms with van der Waals surface area (Å²) >= 11 is 0. The number of carbonyl (C=O) groups is 5. The molecular formula is C33H48O12. The molecule has 1 heterocycles. The molecule has 45 heavy (non-hydrogen) atoms. The summed E-state index contributed by atoms with van der Waals surface area (Å²) in [7, 11) is 0. The molecule has 0 aromatic carbocycles. The van der Waals surface area contributed by atoms with Crippen LogP contribution in [0.4, 0.5) is 0 Å². The quantitative estimate of drug-likeness (QED) is 0.105. The average molecular weight is 637 g/mol. The second kappa shape index (κ2) is 14.0. The molecule has 2 N–H and O–H groups in total. The van der Waals surface area contributed by atoms with E-state index in [1.165, 1.54) is 13.8 Å². The smallest absolute Gasteiger partial charge is 0.341 e. The van der Waals surface area contributed by atoms with E-state index in [0.29, 0.717) is 12.8 Å². The van der Waals surface area contributed by atoms with Crippen molar-refractivity contribution in [3.8, 4) is 0 Å². The summed E-state index contributed by atoms with van der Waals surface area (Å²) in [5.74, 6) is -5.04. The predicted octanol–water partition coefficient (Wildman–Crippen LogP) is 3.54. The predicted molar refractivity (Wildman–Crippen MR) is 159 cm³/mol. The minimum absolute atomic E-state index is 0.0236. The maximum absolute atomic E-state index is 13.3. The summed E-state index contributed by atoms with van der Waals surface area (Å²) in [6, 6.07) is 0. The molecule has 3 rings (SSSR count). The largest absolute Gasteiger partial charge is 0.459 e. The van der Waals surface area contributed by atoms with Gasteiger partial charge >= 0.3 is 29.8 Å². The molecule has 2 fully saturated rings. The Morgan fingerprint density at radius 2 is 1.60 bits per heavy atom. The van der Waals surface area contributed by atoms with Crippen LogP contribution in [0.1, 0.15) is 107 Å². The van der Waals surface area contributed by atoms with Gasteiger partial charge in [-0.3, -0.25) is 14.4 Å². The van der Waals surface area contributed by atoms with Crippen molar-refractivity contribution in [2.24, 2.45) is 5.92 Å². The van der Waals surface area contributed by atoms with E-state index >= 15 is 0 Å². The van der Waals surface area contributed by atoms with Gasteiger partial charge in [0.25, 0.3) is 0 Å². The molecular weight excluding hydrogens is 588 g/mol. The van der Waals surface area contributed by atoms with E-state index in [1.54, 1.807) is 33.8 Å². The van der Waals surface area contributed by atoms with Crippen molar-refractivity contribution in [3.63, 3.8) is 0 Å². The number of hydrogen-bond donors (Lipinski definition) is 2. The number of unbranched alkanes of at least 4 members (excludes halogenated alkanes) is 3. The first-order valence-electron chi connectivity index (χ1n) is 15.8. The first-order valence-corrected chi connectivity index (χ1v) is 15.8. The van der Waals surface area contributed by atoms with E-state index in [9.17, 15) is 34.2 Å². The minimum atomic E-state index is -2.57. The fraction of sp³-hybridized carbons (Fsp3) is 0.727. The molecule has 0 spiro atoms. The van der Waals surface area contributed by atoms with Gasteiger partial charge in [-0.2, -0.15) is 0 Å². The Bertz CT molecular complexity index is 1250. The van der Waals surface area contributed by atoms with E-state index in [-0.39, 0.29) is 29.6 Å². The van der Waals surface area contributed by atoms with Crippen LogP contribution in [0.5, 0.6) is 0 Å². The molecule has 0 amide bonds. The summed E-state index contributed by atoms with van der Waals surface area (Å²) in [6.45, 7) is 12.3. The molecule has 8 atom stereocenters. The molecule has 3 aliphatic rings. The normalized spacial score (nSPS) is 34.3. The molecule has 1 saturated carbocycles. The summed E-state index contributed by atoms with van der Waals surface area (Å²) in [5.41, 5.74) is -6.12. The summed E-state index contributed by atoms with van der Waals surface area (Å²) in [5, 5.41) is 23.8. The van der Waals surface area contributed by atoms with E-state index in [2.05, 4.69) is 0 Å². The minimum Gasteiger partial charge on any atom is -0.459 e. The highest BCUT2D eigenvalue weighted by Crippen LogP contribution is 2.57. The van der Waals surface area contributed by atoms with Gasteiger partial charge < -0.3 is 33.9 Å². The Morgan fingerprint density at radius 3 is 2.18 bits per heavy atom. The number of hydrogen-bond acceptors (Lipinski definition) is 12. The highest BCUT2D eigenvalue weighted by molar-refractivity contribution is 5.88. The first-order chi connectivity index (χ1) is 21.0. The van der Waals surface area contributed by atoms with Crippen molar-refractivity contribution < 1.29 is 57.9 Å². The zero-order chi connectivity index (χ0) is 33.9. The average Bonchev–Trinajstić information content (AvgIpc) is 3.29. The Hall–Kier alpha value is -3.25. The number of ether oxygens (including phenoxy) is 5. The van der Waals surface area contributed by atoms with Crippen LogP contribution in [0.2, 0.25) is 0 Å². The van der Waals surface area contributed by atoms with Crippen molar-refractivity contribution in [1.29, 1.82) is 0 Å². The van der Waals surface area contributed by atoms with E-state index in [0.717, 1.165) is 26.2 Å². The maximum atomic E-state index is 13.3. The van der Waals surface area contributed by atoms with Gasteiger partial charge in [0, 0.05) is 31.8 Å². The Morgan fingerprint density at radius 1 is 0.956 bits per heavy atom. The van der Waals surface area contributed by atoms with Crippen molar-refractivity contribution in [2.45, 2.75) is 148 Å². The van der Waals surface area contributed by atoms with Gasteiger partial charge in [-0.15, -0.1) is 0 Å². The number of carbonyl (C=O) groups excluding carboxylic acids is 5. The molecule has 0 bridgehead atoms. The van der Waals surface area contributed by atoms with Crippen molar-refractivity contribution in [1.82, 2.24) is 0 Å². The van der Waals surface area contributed by atoms with Gasteiger partial charge in [0.05, 0.1) is 5.92 Å². The second-order valence-electron chi connectivity index (χ2n) is 12.7. The number of allylic oxidation sites excluding steroid dienone is 1. The van der Waals surface area contributed by atoms with E-state index < -0.39 is 83.4 Å². The van der Waals surface area contributed by atoms with Gasteiger partial charge in [-0.05, 0) is 58.6 Å².